The molecule has 3 aromatic rings. The van der Waals surface area contributed by atoms with Crippen LogP contribution in [0.3, 0.4) is 0 Å². The van der Waals surface area contributed by atoms with E-state index >= 15 is 0 Å². The molecule has 2 aromatic heterocycles. The molecule has 0 aliphatic heterocycles. The minimum absolute atomic E-state index is 0.215. The fraction of sp³-hybridized carbons (Fsp3) is 0.0667. The largest absolute Gasteiger partial charge is 0.711 e. The molecule has 0 atom stereocenters. The first-order valence-electron chi connectivity index (χ1n) is 6.24. The highest BCUT2D eigenvalue weighted by Gasteiger charge is 2.10. The summed E-state index contributed by atoms with van der Waals surface area (Å²) in [5.74, 6) is -0.956. The lowest BCUT2D eigenvalue weighted by molar-refractivity contribution is -0.579. The van der Waals surface area contributed by atoms with Crippen molar-refractivity contribution in [2.75, 3.05) is 0 Å². The third-order valence-corrected chi connectivity index (χ3v) is 3.49. The highest BCUT2D eigenvalue weighted by Crippen LogP contribution is 2.22. The van der Waals surface area contributed by atoms with E-state index in [1.807, 2.05) is 6.92 Å². The number of carboxylic acids is 1. The first kappa shape index (κ1) is 16.1. The van der Waals surface area contributed by atoms with Crippen LogP contribution in [0.25, 0.3) is 11.0 Å². The number of carbonyl (C=O) groups is 1. The van der Waals surface area contributed by atoms with Gasteiger partial charge in [-0.15, -0.1) is 0 Å². The second kappa shape index (κ2) is 6.68. The molecule has 3 rings (SSSR count). The number of halogens is 2. The van der Waals surface area contributed by atoms with E-state index in [1.54, 1.807) is 24.4 Å². The molecule has 2 heterocycles. The summed E-state index contributed by atoms with van der Waals surface area (Å²) in [4.78, 5) is 13.2. The maximum atomic E-state index is 11.2. The van der Waals surface area contributed by atoms with Crippen LogP contribution in [0.15, 0.2) is 42.7 Å². The molecule has 2 N–H and O–H groups in total. The van der Waals surface area contributed by atoms with Gasteiger partial charge in [0.15, 0.2) is 0 Å². The number of hydrogen-bond acceptors (Lipinski definition) is 2. The Morgan fingerprint density at radius 3 is 2.59 bits per heavy atom. The quantitative estimate of drug-likeness (QED) is 0.523. The van der Waals surface area contributed by atoms with Gasteiger partial charge in [-0.3, -0.25) is 0 Å². The summed E-state index contributed by atoms with van der Waals surface area (Å²) < 4.78 is 0.772. The van der Waals surface area contributed by atoms with E-state index in [9.17, 15) is 10.0 Å². The summed E-state index contributed by atoms with van der Waals surface area (Å²) in [6.45, 7) is 1.91. The van der Waals surface area contributed by atoms with E-state index in [4.69, 9.17) is 28.3 Å². The third-order valence-electron chi connectivity index (χ3n) is 2.94. The molecule has 0 saturated carbocycles. The number of hydrogen-bond donors (Lipinski definition) is 2. The Morgan fingerprint density at radius 2 is 2.05 bits per heavy atom. The molecular weight excluding hydrogens is 327 g/mol. The summed E-state index contributed by atoms with van der Waals surface area (Å²) in [6, 6.07) is 7.73. The van der Waals surface area contributed by atoms with Gasteiger partial charge >= 0.3 is 5.97 Å². The average molecular weight is 339 g/mol. The van der Waals surface area contributed by atoms with Gasteiger partial charge < -0.3 is 10.3 Å². The first-order chi connectivity index (χ1) is 10.4. The molecule has 114 valence electrons. The van der Waals surface area contributed by atoms with Gasteiger partial charge in [0.25, 0.3) is 5.65 Å². The second-order valence-corrected chi connectivity index (χ2v) is 5.34. The van der Waals surface area contributed by atoms with Crippen LogP contribution in [0.1, 0.15) is 15.9 Å². The number of nitrogens with zero attached hydrogens (tertiary/aromatic N) is 1. The van der Waals surface area contributed by atoms with Crippen molar-refractivity contribution in [2.45, 2.75) is 6.92 Å². The topological polar surface area (TPSA) is 80.0 Å². The Balaban J connectivity index is 0.000000164. The number of pyridine rings is 1. The number of benzene rings is 1. The lowest BCUT2D eigenvalue weighted by atomic mass is 10.2. The summed E-state index contributed by atoms with van der Waals surface area (Å²) >= 11 is 11.4. The Morgan fingerprint density at radius 1 is 1.32 bits per heavy atom. The van der Waals surface area contributed by atoms with E-state index in [-0.39, 0.29) is 5.56 Å². The smallest absolute Gasteiger partial charge is 0.335 e. The number of aromatic nitrogens is 2. The van der Waals surface area contributed by atoms with Crippen molar-refractivity contribution in [2.24, 2.45) is 0 Å². The van der Waals surface area contributed by atoms with E-state index < -0.39 is 5.97 Å². The van der Waals surface area contributed by atoms with Crippen LogP contribution in [0.4, 0.5) is 0 Å². The van der Waals surface area contributed by atoms with Crippen molar-refractivity contribution in [1.82, 2.24) is 4.98 Å². The highest BCUT2D eigenvalue weighted by atomic mass is 35.5. The van der Waals surface area contributed by atoms with Crippen LogP contribution in [-0.4, -0.2) is 16.1 Å². The van der Waals surface area contributed by atoms with E-state index in [1.165, 1.54) is 18.3 Å². The summed E-state index contributed by atoms with van der Waals surface area (Å²) in [6.07, 6.45) is 3.16. The minimum Gasteiger partial charge on any atom is -0.711 e. The van der Waals surface area contributed by atoms with Gasteiger partial charge in [-0.1, -0.05) is 29.3 Å². The summed E-state index contributed by atoms with van der Waals surface area (Å²) in [7, 11) is 0. The maximum absolute atomic E-state index is 11.2. The molecule has 0 saturated heterocycles. The summed E-state index contributed by atoms with van der Waals surface area (Å²) in [5, 5.41) is 21.5. The molecule has 0 bridgehead atoms. The SMILES string of the molecule is Cc1c[nH]c2c1c(Cl)cc[n+]2[O-].O=C(O)c1cccc(Cl)c1. The fourth-order valence-corrected chi connectivity index (χ4v) is 2.38. The monoisotopic (exact) mass is 338 g/mol. The van der Waals surface area contributed by atoms with Gasteiger partial charge in [0.05, 0.1) is 28.4 Å². The van der Waals surface area contributed by atoms with Crippen LogP contribution in [0.5, 0.6) is 0 Å². The van der Waals surface area contributed by atoms with Gasteiger partial charge in [0.1, 0.15) is 0 Å². The molecule has 0 amide bonds. The normalized spacial score (nSPS) is 10.1. The number of fused-ring (bicyclic) bond motifs is 1. The average Bonchev–Trinajstić information content (AvgIpc) is 2.87. The van der Waals surface area contributed by atoms with E-state index in [0.29, 0.717) is 15.7 Å². The van der Waals surface area contributed by atoms with Gasteiger partial charge in [0, 0.05) is 10.6 Å². The van der Waals surface area contributed by atoms with Crippen LogP contribution in [0, 0.1) is 12.1 Å². The number of aromatic carboxylic acids is 1. The molecular formula is C15H12Cl2N2O3. The number of rotatable bonds is 1. The zero-order chi connectivity index (χ0) is 16.3. The van der Waals surface area contributed by atoms with Crippen LogP contribution in [-0.2, 0) is 0 Å². The number of aromatic amines is 1. The van der Waals surface area contributed by atoms with Crippen LogP contribution < -0.4 is 4.73 Å². The molecule has 7 heteroatoms. The maximum Gasteiger partial charge on any atom is 0.335 e. The molecule has 0 radical (unpaired) electrons. The Kier molecular flexibility index (Phi) is 4.90. The second-order valence-electron chi connectivity index (χ2n) is 4.50. The fourth-order valence-electron chi connectivity index (χ4n) is 1.90. The lowest BCUT2D eigenvalue weighted by Gasteiger charge is -2.01. The van der Waals surface area contributed by atoms with Gasteiger partial charge in [-0.25, -0.2) is 14.5 Å². The Hall–Kier alpha value is -2.24. The molecule has 1 aromatic carbocycles. The molecule has 0 aliphatic rings. The number of aryl methyl sites for hydroxylation is 1. The van der Waals surface area contributed by atoms with Crippen molar-refractivity contribution in [1.29, 1.82) is 0 Å². The molecule has 0 aliphatic carbocycles. The van der Waals surface area contributed by atoms with Gasteiger partial charge in [-0.05, 0) is 31.2 Å². The van der Waals surface area contributed by atoms with Gasteiger partial charge in [0.2, 0.25) is 0 Å². The van der Waals surface area contributed by atoms with Crippen LogP contribution >= 0.6 is 23.2 Å². The zero-order valence-electron chi connectivity index (χ0n) is 11.5. The van der Waals surface area contributed by atoms with Crippen molar-refractivity contribution in [3.05, 3.63) is 69.1 Å². The minimum atomic E-state index is -0.956. The zero-order valence-corrected chi connectivity index (χ0v) is 13.0. The Labute approximate surface area is 136 Å². The third kappa shape index (κ3) is 3.50. The van der Waals surface area contributed by atoms with E-state index in [0.717, 1.165) is 15.7 Å². The molecule has 0 fully saturated rings. The number of H-pyrrole nitrogens is 1. The summed E-state index contributed by atoms with van der Waals surface area (Å²) in [5.41, 5.74) is 1.72. The number of nitrogens with one attached hydrogen (secondary N) is 1. The van der Waals surface area contributed by atoms with Crippen molar-refractivity contribution < 1.29 is 14.6 Å². The van der Waals surface area contributed by atoms with Crippen LogP contribution in [0.2, 0.25) is 10.0 Å². The van der Waals surface area contributed by atoms with Crippen molar-refractivity contribution in [3.8, 4) is 0 Å². The highest BCUT2D eigenvalue weighted by molar-refractivity contribution is 6.35. The number of carboxylic acid groups (broad SMARTS) is 1. The standard InChI is InChI=1S/C8H7ClN2O.C7H5ClO2/c1-5-4-10-8-7(5)6(9)2-3-11(8)12;8-6-3-1-2-5(4-6)7(9)10/h2-4,10H,1H3;1-4H,(H,9,10). The molecule has 0 spiro atoms. The lowest BCUT2D eigenvalue weighted by Crippen LogP contribution is -2.26. The molecule has 5 nitrogen and oxygen atoms in total. The van der Waals surface area contributed by atoms with Crippen molar-refractivity contribution in [3.63, 3.8) is 0 Å². The van der Waals surface area contributed by atoms with Gasteiger partial charge in [-0.2, -0.15) is 0 Å². The molecule has 0 unspecified atom stereocenters. The van der Waals surface area contributed by atoms with Crippen molar-refractivity contribution >= 4 is 40.2 Å². The predicted molar refractivity (Wildman–Crippen MR) is 85.4 cm³/mol. The predicted octanol–water partition coefficient (Wildman–Crippen LogP) is 3.80. The first-order valence-corrected chi connectivity index (χ1v) is 7.00. The van der Waals surface area contributed by atoms with E-state index in [2.05, 4.69) is 4.98 Å². The molecule has 22 heavy (non-hydrogen) atoms. The Bertz CT molecular complexity index is 831.